The summed E-state index contributed by atoms with van der Waals surface area (Å²) in [6, 6.07) is 14.2. The van der Waals surface area contributed by atoms with Gasteiger partial charge in [0.05, 0.1) is 17.4 Å². The van der Waals surface area contributed by atoms with Crippen LogP contribution in [0.5, 0.6) is 0 Å². The number of hydrogen-bond acceptors (Lipinski definition) is 4. The molecule has 2 aliphatic heterocycles. The van der Waals surface area contributed by atoms with E-state index in [9.17, 15) is 18.0 Å². The van der Waals surface area contributed by atoms with Crippen LogP contribution in [0.25, 0.3) is 6.08 Å². The molecule has 8 heteroatoms. The SMILES string of the molecule is CC(=O)N1C=Cc2ccccc2[C@H]1CC(=O)N1CCN(S(=O)(=O)c2ccc(C)cc2)CC1. The van der Waals surface area contributed by atoms with Gasteiger partial charge in [-0.25, -0.2) is 8.42 Å². The van der Waals surface area contributed by atoms with E-state index < -0.39 is 10.0 Å². The Morgan fingerprint density at radius 1 is 0.969 bits per heavy atom. The smallest absolute Gasteiger partial charge is 0.243 e. The van der Waals surface area contributed by atoms with Gasteiger partial charge >= 0.3 is 0 Å². The molecule has 1 saturated heterocycles. The molecule has 2 amide bonds. The highest BCUT2D eigenvalue weighted by atomic mass is 32.2. The molecule has 1 fully saturated rings. The lowest BCUT2D eigenvalue weighted by atomic mass is 9.93. The van der Waals surface area contributed by atoms with Gasteiger partial charge in [0.25, 0.3) is 0 Å². The second-order valence-corrected chi connectivity index (χ2v) is 10.1. The number of rotatable bonds is 4. The van der Waals surface area contributed by atoms with E-state index in [1.54, 1.807) is 40.3 Å². The van der Waals surface area contributed by atoms with E-state index in [0.29, 0.717) is 13.1 Å². The highest BCUT2D eigenvalue weighted by molar-refractivity contribution is 7.89. The molecule has 0 radical (unpaired) electrons. The summed E-state index contributed by atoms with van der Waals surface area (Å²) in [6.45, 7) is 4.56. The van der Waals surface area contributed by atoms with Crippen molar-refractivity contribution in [1.82, 2.24) is 14.1 Å². The van der Waals surface area contributed by atoms with E-state index in [1.165, 1.54) is 11.2 Å². The van der Waals surface area contributed by atoms with Gasteiger partial charge in [-0.1, -0.05) is 42.0 Å². The average Bonchev–Trinajstić information content (AvgIpc) is 2.79. The van der Waals surface area contributed by atoms with E-state index in [-0.39, 0.29) is 42.3 Å². The molecule has 0 unspecified atom stereocenters. The van der Waals surface area contributed by atoms with Gasteiger partial charge in [0.1, 0.15) is 0 Å². The number of amides is 2. The van der Waals surface area contributed by atoms with E-state index >= 15 is 0 Å². The van der Waals surface area contributed by atoms with Crippen molar-refractivity contribution in [2.75, 3.05) is 26.2 Å². The van der Waals surface area contributed by atoms with Crippen LogP contribution < -0.4 is 0 Å². The minimum Gasteiger partial charge on any atom is -0.340 e. The Balaban J connectivity index is 1.44. The summed E-state index contributed by atoms with van der Waals surface area (Å²) < 4.78 is 27.3. The van der Waals surface area contributed by atoms with E-state index in [1.807, 2.05) is 37.3 Å². The van der Waals surface area contributed by atoms with Crippen LogP contribution in [0.2, 0.25) is 0 Å². The largest absolute Gasteiger partial charge is 0.340 e. The number of nitrogens with zero attached hydrogens (tertiary/aromatic N) is 3. The van der Waals surface area contributed by atoms with E-state index in [0.717, 1.165) is 16.7 Å². The zero-order chi connectivity index (χ0) is 22.9. The maximum absolute atomic E-state index is 13.1. The summed E-state index contributed by atoms with van der Waals surface area (Å²) in [5.74, 6) is -0.207. The standard InChI is InChI=1S/C24H27N3O4S/c1-18-7-9-21(10-8-18)32(30,31)26-15-13-25(14-16-26)24(29)17-23-22-6-4-3-5-20(22)11-12-27(23)19(2)28/h3-12,23H,13-17H2,1-2H3/t23-/m1/s1. The van der Waals surface area contributed by atoms with Gasteiger partial charge in [0.15, 0.2) is 0 Å². The quantitative estimate of drug-likeness (QED) is 0.713. The summed E-state index contributed by atoms with van der Waals surface area (Å²) in [6.07, 6.45) is 3.77. The third kappa shape index (κ3) is 4.33. The Hall–Kier alpha value is -2.97. The van der Waals surface area contributed by atoms with Gasteiger partial charge in [-0.3, -0.25) is 9.59 Å². The molecule has 0 aromatic heterocycles. The number of carbonyl (C=O) groups is 2. The van der Waals surface area contributed by atoms with E-state index in [2.05, 4.69) is 0 Å². The van der Waals surface area contributed by atoms with Crippen molar-refractivity contribution >= 4 is 27.9 Å². The Morgan fingerprint density at radius 2 is 1.62 bits per heavy atom. The lowest BCUT2D eigenvalue weighted by Crippen LogP contribution is -2.51. The maximum Gasteiger partial charge on any atom is 0.243 e. The summed E-state index contributed by atoms with van der Waals surface area (Å²) in [5, 5.41) is 0. The van der Waals surface area contributed by atoms with Crippen LogP contribution in [0.4, 0.5) is 0 Å². The average molecular weight is 454 g/mol. The molecule has 0 aliphatic carbocycles. The zero-order valence-electron chi connectivity index (χ0n) is 18.3. The number of piperazine rings is 1. The molecule has 32 heavy (non-hydrogen) atoms. The summed E-state index contributed by atoms with van der Waals surface area (Å²) in [5.41, 5.74) is 2.94. The maximum atomic E-state index is 13.1. The van der Waals surface area contributed by atoms with Gasteiger partial charge < -0.3 is 9.80 Å². The first kappa shape index (κ1) is 22.2. The molecule has 1 atom stereocenters. The first-order chi connectivity index (χ1) is 15.3. The molecular formula is C24H27N3O4S. The number of carbonyl (C=O) groups excluding carboxylic acids is 2. The molecule has 0 spiro atoms. The summed E-state index contributed by atoms with van der Waals surface area (Å²) in [7, 11) is -3.58. The van der Waals surface area contributed by atoms with Crippen LogP contribution in [0.15, 0.2) is 59.6 Å². The molecule has 4 rings (SSSR count). The zero-order valence-corrected chi connectivity index (χ0v) is 19.1. The van der Waals surface area contributed by atoms with Crippen LogP contribution in [0.3, 0.4) is 0 Å². The lowest BCUT2D eigenvalue weighted by molar-refractivity contribution is -0.135. The molecule has 2 aromatic rings. The highest BCUT2D eigenvalue weighted by Crippen LogP contribution is 2.33. The van der Waals surface area contributed by atoms with Crippen molar-refractivity contribution < 1.29 is 18.0 Å². The summed E-state index contributed by atoms with van der Waals surface area (Å²) in [4.78, 5) is 28.8. The first-order valence-electron chi connectivity index (χ1n) is 10.7. The fourth-order valence-electron chi connectivity index (χ4n) is 4.24. The minimum atomic E-state index is -3.58. The molecule has 2 aliphatic rings. The number of hydrogen-bond donors (Lipinski definition) is 0. The normalized spacial score (nSPS) is 19.0. The van der Waals surface area contributed by atoms with Crippen LogP contribution in [-0.2, 0) is 19.6 Å². The van der Waals surface area contributed by atoms with Crippen molar-refractivity contribution in [3.8, 4) is 0 Å². The number of benzene rings is 2. The molecule has 2 heterocycles. The van der Waals surface area contributed by atoms with Gasteiger partial charge in [-0.05, 0) is 36.3 Å². The van der Waals surface area contributed by atoms with Crippen molar-refractivity contribution in [3.63, 3.8) is 0 Å². The summed E-state index contributed by atoms with van der Waals surface area (Å²) >= 11 is 0. The van der Waals surface area contributed by atoms with Crippen molar-refractivity contribution in [2.45, 2.75) is 31.2 Å². The van der Waals surface area contributed by atoms with Gasteiger partial charge in [0, 0.05) is 39.3 Å². The van der Waals surface area contributed by atoms with Crippen LogP contribution in [-0.4, -0.2) is 60.5 Å². The number of aryl methyl sites for hydroxylation is 1. The Labute approximate surface area is 189 Å². The first-order valence-corrected chi connectivity index (χ1v) is 12.1. The fraction of sp³-hybridized carbons (Fsp3) is 0.333. The van der Waals surface area contributed by atoms with Gasteiger partial charge in [0.2, 0.25) is 21.8 Å². The molecule has 0 saturated carbocycles. The molecule has 168 valence electrons. The highest BCUT2D eigenvalue weighted by Gasteiger charge is 2.33. The van der Waals surface area contributed by atoms with Gasteiger partial charge in [-0.15, -0.1) is 0 Å². The Morgan fingerprint density at radius 3 is 2.28 bits per heavy atom. The van der Waals surface area contributed by atoms with Crippen molar-refractivity contribution in [3.05, 3.63) is 71.4 Å². The number of fused-ring (bicyclic) bond motifs is 1. The third-order valence-corrected chi connectivity index (χ3v) is 8.00. The Kier molecular flexibility index (Phi) is 6.17. The predicted molar refractivity (Wildman–Crippen MR) is 122 cm³/mol. The van der Waals surface area contributed by atoms with Crippen LogP contribution in [0, 0.1) is 6.92 Å². The molecule has 0 N–H and O–H groups in total. The number of sulfonamides is 1. The van der Waals surface area contributed by atoms with Crippen molar-refractivity contribution in [1.29, 1.82) is 0 Å². The van der Waals surface area contributed by atoms with Crippen LogP contribution in [0.1, 0.15) is 36.1 Å². The lowest BCUT2D eigenvalue weighted by Gasteiger charge is -2.37. The van der Waals surface area contributed by atoms with Crippen molar-refractivity contribution in [2.24, 2.45) is 0 Å². The van der Waals surface area contributed by atoms with Gasteiger partial charge in [-0.2, -0.15) is 4.31 Å². The second kappa shape index (κ2) is 8.88. The van der Waals surface area contributed by atoms with Crippen LogP contribution >= 0.6 is 0 Å². The predicted octanol–water partition coefficient (Wildman–Crippen LogP) is 2.79. The third-order valence-electron chi connectivity index (χ3n) is 6.09. The second-order valence-electron chi connectivity index (χ2n) is 8.19. The van der Waals surface area contributed by atoms with E-state index in [4.69, 9.17) is 0 Å². The fourth-order valence-corrected chi connectivity index (χ4v) is 5.67. The Bertz CT molecular complexity index is 1150. The molecule has 7 nitrogen and oxygen atoms in total. The topological polar surface area (TPSA) is 78.0 Å². The molecule has 2 aromatic carbocycles. The molecular weight excluding hydrogens is 426 g/mol. The monoisotopic (exact) mass is 453 g/mol. The molecule has 0 bridgehead atoms. The minimum absolute atomic E-state index is 0.0845.